The van der Waals surface area contributed by atoms with E-state index < -0.39 is 29.6 Å². The van der Waals surface area contributed by atoms with Gasteiger partial charge >= 0.3 is 5.97 Å². The summed E-state index contributed by atoms with van der Waals surface area (Å²) < 4.78 is 30.1. The van der Waals surface area contributed by atoms with Gasteiger partial charge in [0.1, 0.15) is 6.04 Å². The maximum Gasteiger partial charge on any atom is 0.328 e. The van der Waals surface area contributed by atoms with E-state index >= 15 is 0 Å². The van der Waals surface area contributed by atoms with Crippen LogP contribution in [0, 0.1) is 11.6 Å². The summed E-state index contributed by atoms with van der Waals surface area (Å²) in [6.45, 7) is 1.69. The van der Waals surface area contributed by atoms with Gasteiger partial charge in [0.15, 0.2) is 11.6 Å². The van der Waals surface area contributed by atoms with Crippen LogP contribution in [0.1, 0.15) is 23.7 Å². The molecule has 0 unspecified atom stereocenters. The highest BCUT2D eigenvalue weighted by Gasteiger charge is 2.20. The number of benzene rings is 1. The molecule has 0 saturated carbocycles. The Kier molecular flexibility index (Phi) is 4.76. The molecule has 1 rings (SSSR count). The molecule has 0 aliphatic rings. The molecule has 98 valence electrons. The van der Waals surface area contributed by atoms with Gasteiger partial charge in [0.05, 0.1) is 7.11 Å². The molecule has 0 saturated heterocycles. The first-order chi connectivity index (χ1) is 8.49. The Morgan fingerprint density at radius 2 is 2.00 bits per heavy atom. The molecule has 1 atom stereocenters. The fraction of sp³-hybridized carbons (Fsp3) is 0.333. The molecular weight excluding hydrogens is 244 g/mol. The number of ether oxygens (including phenoxy) is 1. The van der Waals surface area contributed by atoms with Gasteiger partial charge in [-0.2, -0.15) is 0 Å². The normalized spacial score (nSPS) is 11.8. The lowest BCUT2D eigenvalue weighted by Crippen LogP contribution is -2.41. The van der Waals surface area contributed by atoms with Crippen LogP contribution in [0.4, 0.5) is 8.78 Å². The van der Waals surface area contributed by atoms with Gasteiger partial charge in [0.25, 0.3) is 5.91 Å². The minimum atomic E-state index is -1.12. The van der Waals surface area contributed by atoms with Gasteiger partial charge in [-0.05, 0) is 24.6 Å². The Bertz CT molecular complexity index is 463. The van der Waals surface area contributed by atoms with E-state index in [0.29, 0.717) is 6.42 Å². The monoisotopic (exact) mass is 257 g/mol. The van der Waals surface area contributed by atoms with Crippen molar-refractivity contribution in [2.24, 2.45) is 0 Å². The molecule has 1 amide bonds. The minimum absolute atomic E-state index is 0.0590. The van der Waals surface area contributed by atoms with Crippen LogP contribution in [0.3, 0.4) is 0 Å². The number of hydrogen-bond donors (Lipinski definition) is 1. The molecule has 0 aliphatic heterocycles. The number of esters is 1. The average molecular weight is 257 g/mol. The first-order valence-electron chi connectivity index (χ1n) is 5.33. The van der Waals surface area contributed by atoms with E-state index in [-0.39, 0.29) is 5.56 Å². The van der Waals surface area contributed by atoms with E-state index in [0.717, 1.165) is 18.2 Å². The van der Waals surface area contributed by atoms with Crippen molar-refractivity contribution < 1.29 is 23.1 Å². The third-order valence-electron chi connectivity index (χ3n) is 2.38. The van der Waals surface area contributed by atoms with E-state index in [4.69, 9.17) is 0 Å². The van der Waals surface area contributed by atoms with Crippen LogP contribution in [0.15, 0.2) is 18.2 Å². The predicted molar refractivity (Wildman–Crippen MR) is 59.9 cm³/mol. The maximum absolute atomic E-state index is 12.9. The minimum Gasteiger partial charge on any atom is -0.467 e. The number of amides is 1. The van der Waals surface area contributed by atoms with Crippen molar-refractivity contribution >= 4 is 11.9 Å². The highest BCUT2D eigenvalue weighted by Crippen LogP contribution is 2.09. The highest BCUT2D eigenvalue weighted by atomic mass is 19.2. The Morgan fingerprint density at radius 1 is 1.33 bits per heavy atom. The Morgan fingerprint density at radius 3 is 2.50 bits per heavy atom. The number of carbonyl (C=O) groups excluding carboxylic acids is 2. The predicted octanol–water partition coefficient (Wildman–Crippen LogP) is 1.65. The third-order valence-corrected chi connectivity index (χ3v) is 2.38. The first-order valence-corrected chi connectivity index (χ1v) is 5.33. The zero-order chi connectivity index (χ0) is 13.7. The lowest BCUT2D eigenvalue weighted by Gasteiger charge is -2.14. The molecule has 0 heterocycles. The number of carbonyl (C=O) groups is 2. The van der Waals surface area contributed by atoms with Crippen LogP contribution in [0.2, 0.25) is 0 Å². The van der Waals surface area contributed by atoms with Gasteiger partial charge in [0, 0.05) is 5.56 Å². The molecule has 0 fully saturated rings. The Hall–Kier alpha value is -1.98. The molecule has 18 heavy (non-hydrogen) atoms. The molecule has 0 radical (unpaired) electrons. The second kappa shape index (κ2) is 6.09. The van der Waals surface area contributed by atoms with Crippen LogP contribution in [0.5, 0.6) is 0 Å². The van der Waals surface area contributed by atoms with Crippen molar-refractivity contribution in [3.05, 3.63) is 35.4 Å². The van der Waals surface area contributed by atoms with Crippen LogP contribution in [-0.4, -0.2) is 25.0 Å². The highest BCUT2D eigenvalue weighted by molar-refractivity contribution is 5.96. The summed E-state index contributed by atoms with van der Waals surface area (Å²) in [5.74, 6) is -3.40. The third kappa shape index (κ3) is 3.26. The lowest BCUT2D eigenvalue weighted by molar-refractivity contribution is -0.142. The summed E-state index contributed by atoms with van der Waals surface area (Å²) >= 11 is 0. The van der Waals surface area contributed by atoms with Gasteiger partial charge < -0.3 is 10.1 Å². The van der Waals surface area contributed by atoms with E-state index in [9.17, 15) is 18.4 Å². The van der Waals surface area contributed by atoms with Crippen molar-refractivity contribution in [1.29, 1.82) is 0 Å². The van der Waals surface area contributed by atoms with Gasteiger partial charge in [-0.25, -0.2) is 13.6 Å². The Balaban J connectivity index is 2.81. The zero-order valence-corrected chi connectivity index (χ0v) is 10.00. The quantitative estimate of drug-likeness (QED) is 0.834. The van der Waals surface area contributed by atoms with Crippen molar-refractivity contribution in [3.8, 4) is 0 Å². The molecule has 1 aromatic carbocycles. The summed E-state index contributed by atoms with van der Waals surface area (Å²) in [5.41, 5.74) is -0.0590. The van der Waals surface area contributed by atoms with E-state index in [1.807, 2.05) is 0 Å². The first kappa shape index (κ1) is 14.1. The molecule has 0 spiro atoms. The smallest absolute Gasteiger partial charge is 0.328 e. The number of nitrogens with one attached hydrogen (secondary N) is 1. The van der Waals surface area contributed by atoms with E-state index in [1.165, 1.54) is 7.11 Å². The molecule has 6 heteroatoms. The largest absolute Gasteiger partial charge is 0.467 e. The molecule has 1 aromatic rings. The van der Waals surface area contributed by atoms with E-state index in [1.54, 1.807) is 6.92 Å². The molecule has 0 bridgehead atoms. The summed E-state index contributed by atoms with van der Waals surface area (Å²) in [6, 6.07) is 1.95. The van der Waals surface area contributed by atoms with Gasteiger partial charge in [-0.3, -0.25) is 4.79 Å². The molecule has 0 aromatic heterocycles. The number of hydrogen-bond acceptors (Lipinski definition) is 3. The van der Waals surface area contributed by atoms with Crippen LogP contribution in [-0.2, 0) is 9.53 Å². The summed E-state index contributed by atoms with van der Waals surface area (Å²) in [6.07, 6.45) is 0.335. The summed E-state index contributed by atoms with van der Waals surface area (Å²) in [7, 11) is 1.20. The number of halogens is 2. The lowest BCUT2D eigenvalue weighted by atomic mass is 10.1. The fourth-order valence-corrected chi connectivity index (χ4v) is 1.35. The SMILES string of the molecule is CC[C@H](NC(=O)c1ccc(F)c(F)c1)C(=O)OC. The van der Waals surface area contributed by atoms with Crippen LogP contribution >= 0.6 is 0 Å². The Labute approximate surface area is 103 Å². The number of methoxy groups -OCH3 is 1. The van der Waals surface area contributed by atoms with E-state index in [2.05, 4.69) is 10.1 Å². The van der Waals surface area contributed by atoms with Crippen molar-refractivity contribution in [1.82, 2.24) is 5.32 Å². The summed E-state index contributed by atoms with van der Waals surface area (Å²) in [4.78, 5) is 22.9. The molecule has 4 nitrogen and oxygen atoms in total. The zero-order valence-electron chi connectivity index (χ0n) is 10.00. The molecular formula is C12H13F2NO3. The van der Waals surface area contributed by atoms with Crippen molar-refractivity contribution in [2.45, 2.75) is 19.4 Å². The van der Waals surface area contributed by atoms with Gasteiger partial charge in [-0.15, -0.1) is 0 Å². The van der Waals surface area contributed by atoms with Crippen LogP contribution < -0.4 is 5.32 Å². The topological polar surface area (TPSA) is 55.4 Å². The molecule has 0 aliphatic carbocycles. The van der Waals surface area contributed by atoms with Crippen molar-refractivity contribution in [3.63, 3.8) is 0 Å². The second-order valence-corrected chi connectivity index (χ2v) is 3.59. The maximum atomic E-state index is 12.9. The number of rotatable bonds is 4. The fourth-order valence-electron chi connectivity index (χ4n) is 1.35. The average Bonchev–Trinajstić information content (AvgIpc) is 2.37. The van der Waals surface area contributed by atoms with Gasteiger partial charge in [0.2, 0.25) is 0 Å². The second-order valence-electron chi connectivity index (χ2n) is 3.59. The van der Waals surface area contributed by atoms with Crippen molar-refractivity contribution in [2.75, 3.05) is 7.11 Å². The standard InChI is InChI=1S/C12H13F2NO3/c1-3-10(12(17)18-2)15-11(16)7-4-5-8(13)9(14)6-7/h4-6,10H,3H2,1-2H3,(H,15,16)/t10-/m0/s1. The van der Waals surface area contributed by atoms with Crippen LogP contribution in [0.25, 0.3) is 0 Å². The summed E-state index contributed by atoms with van der Waals surface area (Å²) in [5, 5.41) is 2.38. The molecule has 1 N–H and O–H groups in total. The van der Waals surface area contributed by atoms with Gasteiger partial charge in [-0.1, -0.05) is 6.92 Å².